The smallest absolute Gasteiger partial charge is 0.252 e. The van der Waals surface area contributed by atoms with Crippen LogP contribution < -0.4 is 10.6 Å². The van der Waals surface area contributed by atoms with E-state index in [9.17, 15) is 9.59 Å². The molecule has 0 aromatic carbocycles. The van der Waals surface area contributed by atoms with Crippen LogP contribution in [0.3, 0.4) is 0 Å². The van der Waals surface area contributed by atoms with Crippen LogP contribution in [0.1, 0.15) is 17.3 Å². The minimum absolute atomic E-state index is 0.236. The molecule has 2 N–H and O–H groups in total. The molecule has 1 aromatic heterocycles. The maximum absolute atomic E-state index is 11.7. The molecule has 0 aliphatic carbocycles. The molecule has 2 amide bonds. The number of pyridine rings is 1. The molecular weight excluding hydrogens is 230 g/mol. The maximum Gasteiger partial charge on any atom is 0.252 e. The van der Waals surface area contributed by atoms with E-state index in [-0.39, 0.29) is 17.0 Å². The Morgan fingerprint density at radius 1 is 1.50 bits per heavy atom. The van der Waals surface area contributed by atoms with Gasteiger partial charge in [-0.15, -0.1) is 0 Å². The van der Waals surface area contributed by atoms with Crippen LogP contribution in [0.5, 0.6) is 0 Å². The van der Waals surface area contributed by atoms with Crippen LogP contribution >= 0.6 is 11.6 Å². The van der Waals surface area contributed by atoms with Crippen LogP contribution in [0.15, 0.2) is 18.3 Å². The molecule has 0 saturated carbocycles. The van der Waals surface area contributed by atoms with Gasteiger partial charge in [-0.25, -0.2) is 4.98 Å². The number of carbonyl (C=O) groups excluding carboxylic acids is 2. The third kappa shape index (κ3) is 3.20. The lowest BCUT2D eigenvalue weighted by Gasteiger charge is -2.12. The minimum Gasteiger partial charge on any atom is -0.357 e. The minimum atomic E-state index is -0.593. The Kier molecular flexibility index (Phi) is 4.25. The second kappa shape index (κ2) is 5.46. The number of amides is 2. The van der Waals surface area contributed by atoms with Crippen molar-refractivity contribution in [3.63, 3.8) is 0 Å². The van der Waals surface area contributed by atoms with Crippen LogP contribution in [0.4, 0.5) is 0 Å². The van der Waals surface area contributed by atoms with Crippen molar-refractivity contribution < 1.29 is 9.59 Å². The normalized spacial score (nSPS) is 11.7. The Morgan fingerprint density at radius 2 is 2.19 bits per heavy atom. The number of nitrogens with zero attached hydrogens (tertiary/aromatic N) is 1. The lowest BCUT2D eigenvalue weighted by Crippen LogP contribution is -2.43. The highest BCUT2D eigenvalue weighted by Gasteiger charge is 2.15. The Morgan fingerprint density at radius 3 is 2.75 bits per heavy atom. The van der Waals surface area contributed by atoms with E-state index in [1.807, 2.05) is 0 Å². The number of nitrogens with one attached hydrogen (secondary N) is 2. The molecule has 0 bridgehead atoms. The summed E-state index contributed by atoms with van der Waals surface area (Å²) in [6.07, 6.45) is 1.43. The number of hydrogen-bond acceptors (Lipinski definition) is 3. The summed E-state index contributed by atoms with van der Waals surface area (Å²) in [7, 11) is 1.51. The van der Waals surface area contributed by atoms with Gasteiger partial charge in [0.15, 0.2) is 0 Å². The van der Waals surface area contributed by atoms with Gasteiger partial charge in [0.25, 0.3) is 5.91 Å². The summed E-state index contributed by atoms with van der Waals surface area (Å²) in [6.45, 7) is 1.60. The predicted molar refractivity (Wildman–Crippen MR) is 60.2 cm³/mol. The molecule has 6 heteroatoms. The van der Waals surface area contributed by atoms with Crippen molar-refractivity contribution in [2.45, 2.75) is 13.0 Å². The lowest BCUT2D eigenvalue weighted by molar-refractivity contribution is -0.122. The SMILES string of the molecule is CNC(=O)C(C)NC(=O)c1ccnc(Cl)c1. The second-order valence-electron chi connectivity index (χ2n) is 3.18. The summed E-state index contributed by atoms with van der Waals surface area (Å²) < 4.78 is 0. The van der Waals surface area contributed by atoms with Gasteiger partial charge >= 0.3 is 0 Å². The molecule has 1 aromatic rings. The molecule has 1 heterocycles. The summed E-state index contributed by atoms with van der Waals surface area (Å²) in [6, 6.07) is 2.37. The standard InChI is InChI=1S/C10H12ClN3O2/c1-6(9(15)12-2)14-10(16)7-3-4-13-8(11)5-7/h3-6H,1-2H3,(H,12,15)(H,14,16). The molecule has 0 saturated heterocycles. The van der Waals surface area contributed by atoms with Crippen LogP contribution in [0, 0.1) is 0 Å². The molecule has 5 nitrogen and oxygen atoms in total. The molecule has 0 aliphatic heterocycles. The number of hydrogen-bond donors (Lipinski definition) is 2. The molecule has 1 atom stereocenters. The first kappa shape index (κ1) is 12.4. The van der Waals surface area contributed by atoms with Gasteiger partial charge in [0.05, 0.1) is 0 Å². The fraction of sp³-hybridized carbons (Fsp3) is 0.300. The summed E-state index contributed by atoms with van der Waals surface area (Å²) in [5.74, 6) is -0.617. The van der Waals surface area contributed by atoms with Gasteiger partial charge in [0.1, 0.15) is 11.2 Å². The topological polar surface area (TPSA) is 71.1 Å². The van der Waals surface area contributed by atoms with Gasteiger partial charge in [-0.1, -0.05) is 11.6 Å². The van der Waals surface area contributed by atoms with E-state index in [4.69, 9.17) is 11.6 Å². The Hall–Kier alpha value is -1.62. The number of rotatable bonds is 3. The summed E-state index contributed by atoms with van der Waals surface area (Å²) in [5, 5.41) is 5.21. The van der Waals surface area contributed by atoms with Gasteiger partial charge in [0, 0.05) is 18.8 Å². The largest absolute Gasteiger partial charge is 0.357 e. The average Bonchev–Trinajstić information content (AvgIpc) is 2.27. The van der Waals surface area contributed by atoms with Gasteiger partial charge in [0.2, 0.25) is 5.91 Å². The van der Waals surface area contributed by atoms with Crippen molar-refractivity contribution in [1.29, 1.82) is 0 Å². The first-order valence-electron chi connectivity index (χ1n) is 4.68. The molecule has 16 heavy (non-hydrogen) atoms. The van der Waals surface area contributed by atoms with Crippen molar-refractivity contribution in [2.75, 3.05) is 7.05 Å². The molecular formula is C10H12ClN3O2. The molecule has 0 fully saturated rings. The zero-order valence-corrected chi connectivity index (χ0v) is 9.71. The van der Waals surface area contributed by atoms with Gasteiger partial charge in [-0.2, -0.15) is 0 Å². The van der Waals surface area contributed by atoms with E-state index in [0.717, 1.165) is 0 Å². The van der Waals surface area contributed by atoms with Gasteiger partial charge in [-0.05, 0) is 19.1 Å². The van der Waals surface area contributed by atoms with Crippen molar-refractivity contribution in [2.24, 2.45) is 0 Å². The maximum atomic E-state index is 11.7. The highest BCUT2D eigenvalue weighted by molar-refractivity contribution is 6.29. The van der Waals surface area contributed by atoms with E-state index in [0.29, 0.717) is 5.56 Å². The van der Waals surface area contributed by atoms with Crippen LogP contribution in [0.25, 0.3) is 0 Å². The molecule has 0 aliphatic rings. The Labute approximate surface area is 98.2 Å². The molecule has 1 unspecified atom stereocenters. The van der Waals surface area contributed by atoms with Crippen molar-refractivity contribution in [3.8, 4) is 0 Å². The van der Waals surface area contributed by atoms with Crippen LogP contribution in [0.2, 0.25) is 5.15 Å². The highest BCUT2D eigenvalue weighted by Crippen LogP contribution is 2.06. The average molecular weight is 242 g/mol. The summed E-state index contributed by atoms with van der Waals surface area (Å²) in [4.78, 5) is 26.6. The van der Waals surface area contributed by atoms with E-state index >= 15 is 0 Å². The number of likely N-dealkylation sites (N-methyl/N-ethyl adjacent to an activating group) is 1. The van der Waals surface area contributed by atoms with E-state index in [2.05, 4.69) is 15.6 Å². The summed E-state index contributed by atoms with van der Waals surface area (Å²) in [5.41, 5.74) is 0.371. The van der Waals surface area contributed by atoms with Gasteiger partial charge in [-0.3, -0.25) is 9.59 Å². The Bertz CT molecular complexity index is 409. The second-order valence-corrected chi connectivity index (χ2v) is 3.56. The van der Waals surface area contributed by atoms with Crippen LogP contribution in [-0.2, 0) is 4.79 Å². The fourth-order valence-corrected chi connectivity index (χ4v) is 1.28. The lowest BCUT2D eigenvalue weighted by atomic mass is 10.2. The highest BCUT2D eigenvalue weighted by atomic mass is 35.5. The third-order valence-electron chi connectivity index (χ3n) is 1.98. The monoisotopic (exact) mass is 241 g/mol. The number of halogens is 1. The molecule has 1 rings (SSSR count). The van der Waals surface area contributed by atoms with Crippen molar-refractivity contribution >= 4 is 23.4 Å². The van der Waals surface area contributed by atoms with Crippen molar-refractivity contribution in [1.82, 2.24) is 15.6 Å². The van der Waals surface area contributed by atoms with E-state index < -0.39 is 6.04 Å². The zero-order valence-electron chi connectivity index (χ0n) is 8.95. The molecule has 0 radical (unpaired) electrons. The fourth-order valence-electron chi connectivity index (χ4n) is 1.11. The first-order valence-corrected chi connectivity index (χ1v) is 5.06. The van der Waals surface area contributed by atoms with E-state index in [1.165, 1.54) is 25.4 Å². The third-order valence-corrected chi connectivity index (χ3v) is 2.18. The number of carbonyl (C=O) groups is 2. The van der Waals surface area contributed by atoms with E-state index in [1.54, 1.807) is 6.92 Å². The van der Waals surface area contributed by atoms with Gasteiger partial charge < -0.3 is 10.6 Å². The van der Waals surface area contributed by atoms with Crippen LogP contribution in [-0.4, -0.2) is 29.9 Å². The molecule has 0 spiro atoms. The summed E-state index contributed by atoms with van der Waals surface area (Å²) >= 11 is 5.64. The quantitative estimate of drug-likeness (QED) is 0.762. The molecule has 86 valence electrons. The Balaban J connectivity index is 2.69. The van der Waals surface area contributed by atoms with Crippen molar-refractivity contribution in [3.05, 3.63) is 29.0 Å². The first-order chi connectivity index (χ1) is 7.54. The predicted octanol–water partition coefficient (Wildman–Crippen LogP) is 0.599. The zero-order chi connectivity index (χ0) is 12.1. The number of aromatic nitrogens is 1.